The number of carboxylic acid groups (broad SMARTS) is 1. The van der Waals surface area contributed by atoms with Crippen LogP contribution in [-0.4, -0.2) is 86.1 Å². The summed E-state index contributed by atoms with van der Waals surface area (Å²) in [6, 6.07) is 24.3. The molecule has 0 aliphatic carbocycles. The van der Waals surface area contributed by atoms with E-state index in [1.54, 1.807) is 14.2 Å². The zero-order valence-electron chi connectivity index (χ0n) is 29.3. The first-order chi connectivity index (χ1) is 25.1. The third kappa shape index (κ3) is 8.43. The Morgan fingerprint density at radius 2 is 1.42 bits per heavy atom. The number of carbonyl (C=O) groups excluding carboxylic acids is 1. The highest BCUT2D eigenvalue weighted by Gasteiger charge is 2.51. The largest absolute Gasteiger partial charge is 0.497 e. The van der Waals surface area contributed by atoms with Crippen LogP contribution in [0.25, 0.3) is 0 Å². The van der Waals surface area contributed by atoms with Crippen LogP contribution in [0.15, 0.2) is 94.6 Å². The van der Waals surface area contributed by atoms with Gasteiger partial charge in [-0.1, -0.05) is 54.6 Å². The highest BCUT2D eigenvalue weighted by atomic mass is 16.6. The summed E-state index contributed by atoms with van der Waals surface area (Å²) < 4.78 is 42.9. The maximum absolute atomic E-state index is 13.2. The number of rotatable bonds is 17. The van der Waals surface area contributed by atoms with Crippen LogP contribution in [0.1, 0.15) is 41.3 Å². The Kier molecular flexibility index (Phi) is 12.6. The van der Waals surface area contributed by atoms with Crippen molar-refractivity contribution in [3.63, 3.8) is 0 Å². The zero-order valence-corrected chi connectivity index (χ0v) is 29.3. The van der Waals surface area contributed by atoms with Gasteiger partial charge in [-0.25, -0.2) is 4.79 Å². The molecule has 14 nitrogen and oxygen atoms in total. The summed E-state index contributed by atoms with van der Waals surface area (Å²) in [6.45, 7) is 1.50. The predicted octanol–water partition coefficient (Wildman–Crippen LogP) is 3.58. The van der Waals surface area contributed by atoms with Crippen molar-refractivity contribution in [2.75, 3.05) is 41.2 Å². The molecule has 0 unspecified atom stereocenters. The predicted molar refractivity (Wildman–Crippen MR) is 187 cm³/mol. The molecule has 4 aromatic rings. The monoisotopic (exact) mass is 718 g/mol. The summed E-state index contributed by atoms with van der Waals surface area (Å²) >= 11 is 0. The fourth-order valence-electron chi connectivity index (χ4n) is 6.13. The van der Waals surface area contributed by atoms with Crippen LogP contribution >= 0.6 is 0 Å². The lowest BCUT2D eigenvalue weighted by atomic mass is 9.80. The number of aryl methyl sites for hydroxylation is 1. The fourth-order valence-corrected chi connectivity index (χ4v) is 6.13. The van der Waals surface area contributed by atoms with Gasteiger partial charge in [0, 0.05) is 18.9 Å². The molecule has 2 heterocycles. The molecule has 1 aromatic heterocycles. The molecule has 1 aliphatic heterocycles. The number of aliphatic carboxylic acids is 1. The van der Waals surface area contributed by atoms with Gasteiger partial charge in [0.05, 0.1) is 46.9 Å². The van der Waals surface area contributed by atoms with Gasteiger partial charge in [0.2, 0.25) is 0 Å². The van der Waals surface area contributed by atoms with Crippen LogP contribution in [0.5, 0.6) is 11.5 Å². The average molecular weight is 719 g/mol. The number of H-pyrrole nitrogens is 1. The highest BCUT2D eigenvalue weighted by Crippen LogP contribution is 2.43. The average Bonchev–Trinajstić information content (AvgIpc) is 3.49. The number of nitrogens with one attached hydrogen (secondary N) is 1. The second-order valence-corrected chi connectivity index (χ2v) is 12.0. The topological polar surface area (TPSA) is 174 Å². The number of carbonyl (C=O) groups is 2. The highest BCUT2D eigenvalue weighted by molar-refractivity contribution is 5.76. The SMILES string of the molecule is COCCO[C@@H]1[C@H](OC(=O)CCC(=O)O)[C@@H](COC(c2ccccc2)(c2ccc(OC)cc2)c2ccc(OC)cc2)O[C@H]1n1cc(C)c(=O)[nH]c1=O. The van der Waals surface area contributed by atoms with Gasteiger partial charge in [0.1, 0.15) is 29.3 Å². The molecule has 14 heteroatoms. The van der Waals surface area contributed by atoms with E-state index >= 15 is 0 Å². The van der Waals surface area contributed by atoms with E-state index < -0.39 is 66.2 Å². The first-order valence-corrected chi connectivity index (χ1v) is 16.6. The van der Waals surface area contributed by atoms with Crippen molar-refractivity contribution in [3.8, 4) is 11.5 Å². The minimum absolute atomic E-state index is 0.0283. The number of esters is 1. The van der Waals surface area contributed by atoms with Crippen LogP contribution in [-0.2, 0) is 38.9 Å². The molecule has 276 valence electrons. The summed E-state index contributed by atoms with van der Waals surface area (Å²) in [5, 5.41) is 9.23. The van der Waals surface area contributed by atoms with Crippen molar-refractivity contribution in [2.24, 2.45) is 0 Å². The third-order valence-corrected chi connectivity index (χ3v) is 8.75. The van der Waals surface area contributed by atoms with E-state index in [1.807, 2.05) is 78.9 Å². The smallest absolute Gasteiger partial charge is 0.330 e. The summed E-state index contributed by atoms with van der Waals surface area (Å²) in [5.74, 6) is -0.722. The van der Waals surface area contributed by atoms with Crippen molar-refractivity contribution in [1.29, 1.82) is 0 Å². The third-order valence-electron chi connectivity index (χ3n) is 8.75. The van der Waals surface area contributed by atoms with Gasteiger partial charge < -0.3 is 38.3 Å². The van der Waals surface area contributed by atoms with Crippen LogP contribution in [0.3, 0.4) is 0 Å². The van der Waals surface area contributed by atoms with Crippen molar-refractivity contribution < 1.29 is 47.9 Å². The molecule has 1 fully saturated rings. The van der Waals surface area contributed by atoms with Gasteiger partial charge in [-0.2, -0.15) is 0 Å². The lowest BCUT2D eigenvalue weighted by Gasteiger charge is -2.37. The van der Waals surface area contributed by atoms with Gasteiger partial charge in [-0.3, -0.25) is 23.9 Å². The molecule has 4 atom stereocenters. The quantitative estimate of drug-likeness (QED) is 0.0925. The number of aromatic amines is 1. The Morgan fingerprint density at radius 1 is 0.827 bits per heavy atom. The number of nitrogens with zero attached hydrogens (tertiary/aromatic N) is 1. The van der Waals surface area contributed by atoms with Crippen LogP contribution in [0.2, 0.25) is 0 Å². The van der Waals surface area contributed by atoms with Gasteiger partial charge >= 0.3 is 17.6 Å². The van der Waals surface area contributed by atoms with E-state index in [4.69, 9.17) is 33.2 Å². The molecule has 3 aromatic carbocycles. The van der Waals surface area contributed by atoms with Crippen molar-refractivity contribution >= 4 is 11.9 Å². The first kappa shape index (κ1) is 38.0. The standard InChI is InChI=1S/C38H42N2O12/c1-24-22-40(37(45)39-35(24)44)36-34(49-21-20-46-2)33(52-32(43)19-18-31(41)42)30(51-36)23-50-38(25-8-6-5-7-9-25,26-10-14-28(47-3)15-11-26)27-12-16-29(48-4)17-13-27/h5-17,22,30,33-34,36H,18-21,23H2,1-4H3,(H,41,42)(H,39,44,45)/t30-,33-,34-,36-/m1/s1. The van der Waals surface area contributed by atoms with Crippen molar-refractivity contribution in [2.45, 2.75) is 49.9 Å². The maximum atomic E-state index is 13.2. The van der Waals surface area contributed by atoms with Gasteiger partial charge in [-0.05, 0) is 47.9 Å². The molecule has 1 saturated heterocycles. The Hall–Kier alpha value is -5.28. The number of ether oxygens (including phenoxy) is 7. The second-order valence-electron chi connectivity index (χ2n) is 12.0. The fraction of sp³-hybridized carbons (Fsp3) is 0.368. The minimum Gasteiger partial charge on any atom is -0.497 e. The molecule has 0 radical (unpaired) electrons. The Labute approximate surface area is 299 Å². The molecule has 0 bridgehead atoms. The number of hydrogen-bond acceptors (Lipinski definition) is 11. The van der Waals surface area contributed by atoms with Crippen molar-refractivity contribution in [3.05, 3.63) is 128 Å². The lowest BCUT2D eigenvalue weighted by Crippen LogP contribution is -2.43. The van der Waals surface area contributed by atoms with Gasteiger partial charge in [-0.15, -0.1) is 0 Å². The molecule has 2 N–H and O–H groups in total. The molecule has 5 rings (SSSR count). The Morgan fingerprint density at radius 3 is 1.98 bits per heavy atom. The molecule has 0 amide bonds. The lowest BCUT2D eigenvalue weighted by molar-refractivity contribution is -0.162. The van der Waals surface area contributed by atoms with E-state index in [2.05, 4.69) is 4.98 Å². The van der Waals surface area contributed by atoms with E-state index in [-0.39, 0.29) is 25.4 Å². The van der Waals surface area contributed by atoms with E-state index in [0.717, 1.165) is 16.7 Å². The number of aromatic nitrogens is 2. The number of benzene rings is 3. The first-order valence-electron chi connectivity index (χ1n) is 16.6. The summed E-state index contributed by atoms with van der Waals surface area (Å²) in [4.78, 5) is 52.2. The van der Waals surface area contributed by atoms with Crippen LogP contribution in [0.4, 0.5) is 0 Å². The summed E-state index contributed by atoms with van der Waals surface area (Å²) in [5.41, 5.74) is -0.167. The molecule has 0 spiro atoms. The molecule has 0 saturated carbocycles. The number of hydrogen-bond donors (Lipinski definition) is 2. The Balaban J connectivity index is 1.63. The normalized spacial score (nSPS) is 18.5. The molecule has 1 aliphatic rings. The summed E-state index contributed by atoms with van der Waals surface area (Å²) in [6.07, 6.45) is -4.09. The van der Waals surface area contributed by atoms with Gasteiger partial charge in [0.15, 0.2) is 12.3 Å². The van der Waals surface area contributed by atoms with E-state index in [1.165, 1.54) is 24.8 Å². The van der Waals surface area contributed by atoms with Crippen LogP contribution < -0.4 is 20.7 Å². The Bertz CT molecular complexity index is 1860. The molecule has 52 heavy (non-hydrogen) atoms. The second kappa shape index (κ2) is 17.3. The molecular weight excluding hydrogens is 676 g/mol. The maximum Gasteiger partial charge on any atom is 0.330 e. The number of methoxy groups -OCH3 is 3. The summed E-state index contributed by atoms with van der Waals surface area (Å²) in [7, 11) is 4.64. The minimum atomic E-state index is -1.28. The van der Waals surface area contributed by atoms with E-state index in [0.29, 0.717) is 11.5 Å². The zero-order chi connectivity index (χ0) is 37.3. The van der Waals surface area contributed by atoms with Gasteiger partial charge in [0.25, 0.3) is 5.56 Å². The van der Waals surface area contributed by atoms with E-state index in [9.17, 15) is 24.3 Å². The molecular formula is C38H42N2O12. The van der Waals surface area contributed by atoms with Crippen LogP contribution in [0, 0.1) is 6.92 Å². The number of carboxylic acids is 1. The van der Waals surface area contributed by atoms with Crippen molar-refractivity contribution in [1.82, 2.24) is 9.55 Å².